The Morgan fingerprint density at radius 3 is 2.59 bits per heavy atom. The standard InChI is InChI=1S/C19H18FN3O3S/c1-19(17(25)22-18(26)23-19)12-3-2-4-14(11-12)21-16(24)9-10-27-15-7-5-13(20)6-8-15/h2-8,11H,9-10H2,1H3,(H,21,24)(H2,22,23,25,26)/t19-/m1/s1. The minimum absolute atomic E-state index is 0.174. The smallest absolute Gasteiger partial charge is 0.322 e. The Morgan fingerprint density at radius 2 is 1.93 bits per heavy atom. The molecule has 2 aromatic rings. The number of imide groups is 1. The van der Waals surface area contributed by atoms with Gasteiger partial charge in [-0.1, -0.05) is 12.1 Å². The van der Waals surface area contributed by atoms with E-state index in [1.54, 1.807) is 43.3 Å². The summed E-state index contributed by atoms with van der Waals surface area (Å²) < 4.78 is 12.9. The van der Waals surface area contributed by atoms with Crippen molar-refractivity contribution in [1.82, 2.24) is 10.6 Å². The van der Waals surface area contributed by atoms with Gasteiger partial charge in [0.2, 0.25) is 5.91 Å². The topological polar surface area (TPSA) is 87.3 Å². The SMILES string of the molecule is C[C@]1(c2cccc(NC(=O)CCSc3ccc(F)cc3)c2)NC(=O)NC1=O. The van der Waals surface area contributed by atoms with Gasteiger partial charge in [0.05, 0.1) is 0 Å². The van der Waals surface area contributed by atoms with Gasteiger partial charge in [0, 0.05) is 22.8 Å². The fourth-order valence-electron chi connectivity index (χ4n) is 2.67. The van der Waals surface area contributed by atoms with Gasteiger partial charge < -0.3 is 10.6 Å². The van der Waals surface area contributed by atoms with Gasteiger partial charge in [-0.05, 0) is 48.9 Å². The van der Waals surface area contributed by atoms with E-state index in [9.17, 15) is 18.8 Å². The molecule has 0 aromatic heterocycles. The second kappa shape index (κ2) is 7.79. The molecule has 0 bridgehead atoms. The Hall–Kier alpha value is -2.87. The van der Waals surface area contributed by atoms with Crippen LogP contribution >= 0.6 is 11.8 Å². The second-order valence-corrected chi connectivity index (χ2v) is 7.38. The van der Waals surface area contributed by atoms with Crippen LogP contribution in [0, 0.1) is 5.82 Å². The average Bonchev–Trinajstić information content (AvgIpc) is 2.90. The highest BCUT2D eigenvalue weighted by Gasteiger charge is 2.43. The normalized spacial score (nSPS) is 18.7. The fraction of sp³-hybridized carbons (Fsp3) is 0.211. The highest BCUT2D eigenvalue weighted by atomic mass is 32.2. The van der Waals surface area contributed by atoms with Gasteiger partial charge in [0.25, 0.3) is 5.91 Å². The Balaban J connectivity index is 1.57. The van der Waals surface area contributed by atoms with Crippen molar-refractivity contribution in [3.63, 3.8) is 0 Å². The van der Waals surface area contributed by atoms with E-state index < -0.39 is 17.5 Å². The predicted octanol–water partition coefficient (Wildman–Crippen LogP) is 3.00. The van der Waals surface area contributed by atoms with E-state index in [1.165, 1.54) is 23.9 Å². The zero-order chi connectivity index (χ0) is 19.4. The van der Waals surface area contributed by atoms with E-state index in [4.69, 9.17) is 0 Å². The molecule has 1 atom stereocenters. The van der Waals surface area contributed by atoms with E-state index in [0.29, 0.717) is 17.0 Å². The molecule has 1 aliphatic rings. The van der Waals surface area contributed by atoms with Crippen LogP contribution in [-0.4, -0.2) is 23.6 Å². The van der Waals surface area contributed by atoms with Crippen LogP contribution in [-0.2, 0) is 15.1 Å². The first kappa shape index (κ1) is 18.9. The molecule has 27 heavy (non-hydrogen) atoms. The number of carbonyl (C=O) groups is 3. The third kappa shape index (κ3) is 4.46. The molecule has 1 aliphatic heterocycles. The van der Waals surface area contributed by atoms with Crippen molar-refractivity contribution in [2.24, 2.45) is 0 Å². The van der Waals surface area contributed by atoms with Gasteiger partial charge in [-0.3, -0.25) is 14.9 Å². The third-order valence-electron chi connectivity index (χ3n) is 4.18. The number of thioether (sulfide) groups is 1. The van der Waals surface area contributed by atoms with Crippen LogP contribution in [0.5, 0.6) is 0 Å². The molecule has 140 valence electrons. The quantitative estimate of drug-likeness (QED) is 0.525. The summed E-state index contributed by atoms with van der Waals surface area (Å²) in [5, 5.41) is 7.59. The summed E-state index contributed by atoms with van der Waals surface area (Å²) in [5.74, 6) is -0.357. The molecule has 8 heteroatoms. The van der Waals surface area contributed by atoms with E-state index >= 15 is 0 Å². The molecule has 4 amide bonds. The molecule has 2 aromatic carbocycles. The summed E-state index contributed by atoms with van der Waals surface area (Å²) in [6.45, 7) is 1.60. The average molecular weight is 387 g/mol. The molecule has 1 fully saturated rings. The minimum Gasteiger partial charge on any atom is -0.326 e. The lowest BCUT2D eigenvalue weighted by Crippen LogP contribution is -2.40. The van der Waals surface area contributed by atoms with E-state index in [2.05, 4.69) is 16.0 Å². The lowest BCUT2D eigenvalue weighted by atomic mass is 9.92. The number of urea groups is 1. The van der Waals surface area contributed by atoms with Gasteiger partial charge in [-0.15, -0.1) is 11.8 Å². The number of carbonyl (C=O) groups excluding carboxylic acids is 3. The molecule has 0 spiro atoms. The van der Waals surface area contributed by atoms with Crippen LogP contribution in [0.15, 0.2) is 53.4 Å². The van der Waals surface area contributed by atoms with Gasteiger partial charge in [-0.25, -0.2) is 9.18 Å². The van der Waals surface area contributed by atoms with Gasteiger partial charge in [-0.2, -0.15) is 0 Å². The molecular weight excluding hydrogens is 369 g/mol. The van der Waals surface area contributed by atoms with Crippen LogP contribution in [0.1, 0.15) is 18.9 Å². The van der Waals surface area contributed by atoms with Crippen molar-refractivity contribution in [3.8, 4) is 0 Å². The summed E-state index contributed by atoms with van der Waals surface area (Å²) >= 11 is 1.46. The molecule has 0 radical (unpaired) electrons. The Morgan fingerprint density at radius 1 is 1.19 bits per heavy atom. The van der Waals surface area contributed by atoms with Crippen molar-refractivity contribution in [2.45, 2.75) is 23.8 Å². The molecule has 3 N–H and O–H groups in total. The first-order valence-electron chi connectivity index (χ1n) is 8.29. The van der Waals surface area contributed by atoms with Crippen molar-refractivity contribution < 1.29 is 18.8 Å². The number of hydrogen-bond donors (Lipinski definition) is 3. The van der Waals surface area contributed by atoms with Gasteiger partial charge in [0.1, 0.15) is 11.4 Å². The molecule has 0 unspecified atom stereocenters. The molecule has 1 heterocycles. The van der Waals surface area contributed by atoms with E-state index in [-0.39, 0.29) is 18.1 Å². The monoisotopic (exact) mass is 387 g/mol. The third-order valence-corrected chi connectivity index (χ3v) is 5.19. The number of amides is 4. The Kier molecular flexibility index (Phi) is 5.46. The molecular formula is C19H18FN3O3S. The van der Waals surface area contributed by atoms with E-state index in [1.807, 2.05) is 0 Å². The van der Waals surface area contributed by atoms with Gasteiger partial charge >= 0.3 is 6.03 Å². The second-order valence-electron chi connectivity index (χ2n) is 6.21. The number of anilines is 1. The summed E-state index contributed by atoms with van der Waals surface area (Å²) in [4.78, 5) is 36.5. The first-order chi connectivity index (χ1) is 12.9. The Bertz CT molecular complexity index is 888. The van der Waals surface area contributed by atoms with Crippen molar-refractivity contribution in [1.29, 1.82) is 0 Å². The number of rotatable bonds is 6. The summed E-state index contributed by atoms with van der Waals surface area (Å²) in [5.41, 5.74) is -0.0558. The van der Waals surface area contributed by atoms with Crippen LogP contribution in [0.4, 0.5) is 14.9 Å². The van der Waals surface area contributed by atoms with Gasteiger partial charge in [0.15, 0.2) is 0 Å². The van der Waals surface area contributed by atoms with Crippen molar-refractivity contribution in [2.75, 3.05) is 11.1 Å². The minimum atomic E-state index is -1.17. The number of benzene rings is 2. The Labute approximate surface area is 159 Å². The fourth-order valence-corrected chi connectivity index (χ4v) is 3.52. The lowest BCUT2D eigenvalue weighted by molar-refractivity contribution is -0.123. The lowest BCUT2D eigenvalue weighted by Gasteiger charge is -2.21. The number of nitrogens with one attached hydrogen (secondary N) is 3. The maximum Gasteiger partial charge on any atom is 0.322 e. The maximum absolute atomic E-state index is 12.9. The zero-order valence-corrected chi connectivity index (χ0v) is 15.4. The molecule has 6 nitrogen and oxygen atoms in total. The van der Waals surface area contributed by atoms with Crippen molar-refractivity contribution >= 4 is 35.3 Å². The predicted molar refractivity (Wildman–Crippen MR) is 101 cm³/mol. The van der Waals surface area contributed by atoms with E-state index in [0.717, 1.165) is 4.90 Å². The molecule has 0 aliphatic carbocycles. The summed E-state index contributed by atoms with van der Waals surface area (Å²) in [6.07, 6.45) is 0.279. The highest BCUT2D eigenvalue weighted by molar-refractivity contribution is 7.99. The highest BCUT2D eigenvalue weighted by Crippen LogP contribution is 2.26. The number of halogens is 1. The van der Waals surface area contributed by atoms with Crippen molar-refractivity contribution in [3.05, 3.63) is 59.9 Å². The maximum atomic E-state index is 12.9. The largest absolute Gasteiger partial charge is 0.326 e. The summed E-state index contributed by atoms with van der Waals surface area (Å²) in [6, 6.07) is 12.4. The van der Waals surface area contributed by atoms with Crippen LogP contribution in [0.25, 0.3) is 0 Å². The summed E-state index contributed by atoms with van der Waals surface area (Å²) in [7, 11) is 0. The molecule has 3 rings (SSSR count). The first-order valence-corrected chi connectivity index (χ1v) is 9.28. The molecule has 0 saturated carbocycles. The zero-order valence-electron chi connectivity index (χ0n) is 14.5. The molecule has 1 saturated heterocycles. The van der Waals surface area contributed by atoms with Crippen LogP contribution in [0.3, 0.4) is 0 Å². The van der Waals surface area contributed by atoms with Crippen LogP contribution < -0.4 is 16.0 Å². The van der Waals surface area contributed by atoms with Crippen LogP contribution in [0.2, 0.25) is 0 Å². The number of hydrogen-bond acceptors (Lipinski definition) is 4.